The zero-order chi connectivity index (χ0) is 14.3. The average molecular weight is 313 g/mol. The van der Waals surface area contributed by atoms with Crippen molar-refractivity contribution in [2.75, 3.05) is 12.3 Å². The number of nitrogens with one attached hydrogen (secondary N) is 1. The number of carbonyl (C=O) groups is 1. The van der Waals surface area contributed by atoms with Crippen molar-refractivity contribution in [3.05, 3.63) is 35.9 Å². The first kappa shape index (κ1) is 19.4. The van der Waals surface area contributed by atoms with E-state index in [-0.39, 0.29) is 44.1 Å². The molecule has 0 saturated heterocycles. The van der Waals surface area contributed by atoms with Crippen LogP contribution in [0.3, 0.4) is 0 Å². The smallest absolute Gasteiger partial charge is 1.00 e. The molecule has 0 fully saturated rings. The van der Waals surface area contributed by atoms with Crippen LogP contribution in [0.2, 0.25) is 0 Å². The molecule has 0 saturated carbocycles. The van der Waals surface area contributed by atoms with Gasteiger partial charge < -0.3 is 16.6 Å². The number of aliphatic hydroxyl groups is 1. The fraction of sp³-hybridized carbons (Fsp3) is 0.364. The molecule has 0 aromatic heterocycles. The van der Waals surface area contributed by atoms with Crippen molar-refractivity contribution < 1.29 is 58.6 Å². The summed E-state index contributed by atoms with van der Waals surface area (Å²) in [5.74, 6) is -0.841. The number of amides is 1. The topological polar surface area (TPSA) is 113 Å². The molecule has 0 radical (unpaired) electrons. The van der Waals surface area contributed by atoms with Gasteiger partial charge in [0.2, 0.25) is 0 Å². The Morgan fingerprint density at radius 1 is 1.35 bits per heavy atom. The number of rotatable bonds is 6. The van der Waals surface area contributed by atoms with E-state index in [9.17, 15) is 18.3 Å². The summed E-state index contributed by atoms with van der Waals surface area (Å²) in [4.78, 5) is 11.2. The predicted molar refractivity (Wildman–Crippen MR) is 68.2 cm³/mol. The number of alkyl carbamates (subject to hydrolysis) is 1. The SMILES string of the molecule is O=C(NCC(O)CS(=O)(=O)O)OCc1ccccc1.[H-].[Na+]. The number of benzene rings is 1. The summed E-state index contributed by atoms with van der Waals surface area (Å²) in [6.45, 7) is -0.255. The molecular formula is C11H16NNaO6S. The molecule has 3 N–H and O–H groups in total. The zero-order valence-electron chi connectivity index (χ0n) is 12.0. The molecule has 1 rings (SSSR count). The molecule has 0 aliphatic rings. The Morgan fingerprint density at radius 3 is 2.50 bits per heavy atom. The summed E-state index contributed by atoms with van der Waals surface area (Å²) in [7, 11) is -4.27. The first-order chi connectivity index (χ1) is 8.87. The average Bonchev–Trinajstić information content (AvgIpc) is 2.33. The molecule has 7 nitrogen and oxygen atoms in total. The second-order valence-corrected chi connectivity index (χ2v) is 5.34. The first-order valence-electron chi connectivity index (χ1n) is 5.44. The Labute approximate surface area is 140 Å². The van der Waals surface area contributed by atoms with Gasteiger partial charge in [0.05, 0.1) is 6.10 Å². The van der Waals surface area contributed by atoms with Crippen molar-refractivity contribution >= 4 is 16.2 Å². The van der Waals surface area contributed by atoms with Crippen molar-refractivity contribution in [1.82, 2.24) is 5.32 Å². The molecule has 0 aliphatic carbocycles. The van der Waals surface area contributed by atoms with E-state index in [1.807, 2.05) is 6.07 Å². The van der Waals surface area contributed by atoms with Crippen LogP contribution in [0.4, 0.5) is 4.79 Å². The third-order valence-corrected chi connectivity index (χ3v) is 2.90. The monoisotopic (exact) mass is 313 g/mol. The fourth-order valence-corrected chi connectivity index (χ4v) is 1.88. The normalized spacial score (nSPS) is 12.1. The van der Waals surface area contributed by atoms with E-state index in [4.69, 9.17) is 9.29 Å². The Balaban J connectivity index is 0. The van der Waals surface area contributed by atoms with E-state index in [1.54, 1.807) is 24.3 Å². The molecule has 1 aromatic carbocycles. The van der Waals surface area contributed by atoms with E-state index >= 15 is 0 Å². The van der Waals surface area contributed by atoms with Crippen molar-refractivity contribution in [2.45, 2.75) is 12.7 Å². The first-order valence-corrected chi connectivity index (χ1v) is 7.05. The predicted octanol–water partition coefficient (Wildman–Crippen LogP) is -2.72. The van der Waals surface area contributed by atoms with E-state index in [0.717, 1.165) is 5.56 Å². The zero-order valence-corrected chi connectivity index (χ0v) is 13.8. The van der Waals surface area contributed by atoms with Crippen molar-refractivity contribution in [3.8, 4) is 0 Å². The minimum Gasteiger partial charge on any atom is -1.00 e. The molecule has 108 valence electrons. The van der Waals surface area contributed by atoms with E-state index in [0.29, 0.717) is 0 Å². The van der Waals surface area contributed by atoms with Crippen LogP contribution in [0.1, 0.15) is 6.99 Å². The molecule has 0 heterocycles. The summed E-state index contributed by atoms with van der Waals surface area (Å²) in [6.07, 6.45) is -2.17. The summed E-state index contributed by atoms with van der Waals surface area (Å²) in [6, 6.07) is 8.98. The maximum Gasteiger partial charge on any atom is 1.00 e. The molecular weight excluding hydrogens is 297 g/mol. The molecule has 20 heavy (non-hydrogen) atoms. The maximum absolute atomic E-state index is 11.2. The van der Waals surface area contributed by atoms with Crippen LogP contribution in [-0.2, 0) is 21.5 Å². The third kappa shape index (κ3) is 9.29. The van der Waals surface area contributed by atoms with E-state index in [1.165, 1.54) is 0 Å². The molecule has 0 spiro atoms. The van der Waals surface area contributed by atoms with Gasteiger partial charge in [0.15, 0.2) is 0 Å². The second-order valence-electron chi connectivity index (χ2n) is 3.85. The summed E-state index contributed by atoms with van der Waals surface area (Å²) in [5.41, 5.74) is 0.802. The van der Waals surface area contributed by atoms with Crippen LogP contribution < -0.4 is 34.9 Å². The maximum atomic E-state index is 11.2. The van der Waals surface area contributed by atoms with Gasteiger partial charge in [-0.1, -0.05) is 30.3 Å². The van der Waals surface area contributed by atoms with Gasteiger partial charge in [0.1, 0.15) is 12.4 Å². The van der Waals surface area contributed by atoms with Gasteiger partial charge in [-0.2, -0.15) is 8.42 Å². The largest absolute Gasteiger partial charge is 1.00 e. The van der Waals surface area contributed by atoms with Gasteiger partial charge in [0.25, 0.3) is 10.1 Å². The number of hydrogen-bond donors (Lipinski definition) is 3. The number of hydrogen-bond acceptors (Lipinski definition) is 5. The van der Waals surface area contributed by atoms with Gasteiger partial charge in [0, 0.05) is 6.54 Å². The van der Waals surface area contributed by atoms with E-state index in [2.05, 4.69) is 5.32 Å². The van der Waals surface area contributed by atoms with Crippen LogP contribution in [0.15, 0.2) is 30.3 Å². The molecule has 0 aliphatic heterocycles. The molecule has 9 heteroatoms. The quantitative estimate of drug-likeness (QED) is 0.388. The minimum absolute atomic E-state index is 0. The van der Waals surface area contributed by atoms with Gasteiger partial charge in [-0.05, 0) is 5.56 Å². The minimum atomic E-state index is -4.27. The van der Waals surface area contributed by atoms with Crippen LogP contribution in [0.5, 0.6) is 0 Å². The Bertz CT molecular complexity index is 513. The van der Waals surface area contributed by atoms with Crippen molar-refractivity contribution in [3.63, 3.8) is 0 Å². The Morgan fingerprint density at radius 2 is 1.95 bits per heavy atom. The Kier molecular flexibility index (Phi) is 9.03. The van der Waals surface area contributed by atoms with Crippen LogP contribution in [0, 0.1) is 0 Å². The van der Waals surface area contributed by atoms with Gasteiger partial charge in [-0.3, -0.25) is 4.55 Å². The molecule has 1 unspecified atom stereocenters. The standard InChI is InChI=1S/C11H15NO6S.Na.H/c13-10(8-19(15,16)17)6-12-11(14)18-7-9-4-2-1-3-5-9;;/h1-5,10,13H,6-8H2,(H,12,14)(H,15,16,17);;/q;+1;-1. The van der Waals surface area contributed by atoms with Crippen LogP contribution in [0.25, 0.3) is 0 Å². The fourth-order valence-electron chi connectivity index (χ4n) is 1.28. The van der Waals surface area contributed by atoms with E-state index < -0.39 is 28.1 Å². The van der Waals surface area contributed by atoms with Crippen LogP contribution >= 0.6 is 0 Å². The summed E-state index contributed by atoms with van der Waals surface area (Å²) in [5, 5.41) is 11.4. The van der Waals surface area contributed by atoms with Crippen molar-refractivity contribution in [1.29, 1.82) is 0 Å². The summed E-state index contributed by atoms with van der Waals surface area (Å²) >= 11 is 0. The third-order valence-electron chi connectivity index (χ3n) is 2.10. The Hall–Kier alpha value is -0.640. The number of carbonyl (C=O) groups excluding carboxylic acids is 1. The molecule has 1 aromatic rings. The summed E-state index contributed by atoms with van der Waals surface area (Å²) < 4.78 is 34.2. The molecule has 0 bridgehead atoms. The molecule has 1 atom stereocenters. The van der Waals surface area contributed by atoms with Gasteiger partial charge >= 0.3 is 35.7 Å². The number of aliphatic hydroxyl groups excluding tert-OH is 1. The number of ether oxygens (including phenoxy) is 1. The second kappa shape index (κ2) is 9.32. The van der Waals surface area contributed by atoms with Crippen molar-refractivity contribution in [2.24, 2.45) is 0 Å². The van der Waals surface area contributed by atoms with Gasteiger partial charge in [-0.15, -0.1) is 0 Å². The van der Waals surface area contributed by atoms with Crippen LogP contribution in [-0.4, -0.2) is 42.6 Å². The molecule has 1 amide bonds. The van der Waals surface area contributed by atoms with Gasteiger partial charge in [-0.25, -0.2) is 4.79 Å².